The number of hydrogen-bond donors (Lipinski definition) is 2. The third-order valence-electron chi connectivity index (χ3n) is 4.22. The van der Waals surface area contributed by atoms with Gasteiger partial charge in [0.2, 0.25) is 11.8 Å². The van der Waals surface area contributed by atoms with Gasteiger partial charge in [-0.25, -0.2) is 4.39 Å². The summed E-state index contributed by atoms with van der Waals surface area (Å²) >= 11 is 0. The molecule has 0 bridgehead atoms. The van der Waals surface area contributed by atoms with Crippen LogP contribution in [0.25, 0.3) is 0 Å². The lowest BCUT2D eigenvalue weighted by atomic mass is 9.97. The highest BCUT2D eigenvalue weighted by atomic mass is 19.1. The molecule has 1 unspecified atom stereocenters. The van der Waals surface area contributed by atoms with Crippen molar-refractivity contribution in [3.63, 3.8) is 0 Å². The lowest BCUT2D eigenvalue weighted by Gasteiger charge is -2.10. The fourth-order valence-corrected chi connectivity index (χ4v) is 2.92. The number of amides is 2. The van der Waals surface area contributed by atoms with E-state index in [4.69, 9.17) is 0 Å². The Morgan fingerprint density at radius 3 is 2.67 bits per heavy atom. The molecule has 0 aromatic heterocycles. The predicted octanol–water partition coefficient (Wildman–Crippen LogP) is 3.00. The van der Waals surface area contributed by atoms with E-state index in [1.807, 2.05) is 24.3 Å². The van der Waals surface area contributed by atoms with Crippen molar-refractivity contribution in [3.05, 3.63) is 65.5 Å². The standard InChI is InChI=1S/C19H19FN2O2/c20-14-8-5-13(6-9-14)7-10-18(23)21-12-11-16-15-3-1-2-4-17(15)22-19(16)24/h1-6,8-9,16H,7,10-12H2,(H,21,23)(H,22,24). The first-order chi connectivity index (χ1) is 11.6. The first-order valence-electron chi connectivity index (χ1n) is 8.04. The Morgan fingerprint density at radius 1 is 1.12 bits per heavy atom. The lowest BCUT2D eigenvalue weighted by molar-refractivity contribution is -0.121. The first kappa shape index (κ1) is 16.2. The van der Waals surface area contributed by atoms with Gasteiger partial charge in [0, 0.05) is 18.7 Å². The minimum absolute atomic E-state index is 0.0169. The largest absolute Gasteiger partial charge is 0.356 e. The molecule has 1 aliphatic heterocycles. The molecule has 2 aromatic rings. The number of benzene rings is 2. The second-order valence-corrected chi connectivity index (χ2v) is 5.89. The molecule has 1 atom stereocenters. The second-order valence-electron chi connectivity index (χ2n) is 5.89. The highest BCUT2D eigenvalue weighted by Crippen LogP contribution is 2.33. The smallest absolute Gasteiger partial charge is 0.232 e. The number of nitrogens with one attached hydrogen (secondary N) is 2. The predicted molar refractivity (Wildman–Crippen MR) is 90.2 cm³/mol. The Bertz CT molecular complexity index is 743. The molecule has 2 aromatic carbocycles. The van der Waals surface area contributed by atoms with Crippen LogP contribution < -0.4 is 10.6 Å². The molecule has 0 fully saturated rings. The van der Waals surface area contributed by atoms with Crippen molar-refractivity contribution < 1.29 is 14.0 Å². The van der Waals surface area contributed by atoms with Gasteiger partial charge in [0.1, 0.15) is 5.82 Å². The van der Waals surface area contributed by atoms with Crippen molar-refractivity contribution in [2.45, 2.75) is 25.2 Å². The summed E-state index contributed by atoms with van der Waals surface area (Å²) in [5.41, 5.74) is 2.77. The summed E-state index contributed by atoms with van der Waals surface area (Å²) in [7, 11) is 0. The maximum atomic E-state index is 12.8. The van der Waals surface area contributed by atoms with Gasteiger partial charge in [0.05, 0.1) is 5.92 Å². The number of fused-ring (bicyclic) bond motifs is 1. The van der Waals surface area contributed by atoms with Gasteiger partial charge >= 0.3 is 0 Å². The SMILES string of the molecule is O=C(CCc1ccc(F)cc1)NCCC1C(=O)Nc2ccccc21. The zero-order chi connectivity index (χ0) is 16.9. The molecular weight excluding hydrogens is 307 g/mol. The van der Waals surface area contributed by atoms with E-state index in [9.17, 15) is 14.0 Å². The van der Waals surface area contributed by atoms with Gasteiger partial charge in [-0.15, -0.1) is 0 Å². The topological polar surface area (TPSA) is 58.2 Å². The molecule has 2 N–H and O–H groups in total. The Labute approximate surface area is 140 Å². The van der Waals surface area contributed by atoms with Gasteiger partial charge in [0.25, 0.3) is 0 Å². The second kappa shape index (κ2) is 7.25. The third-order valence-corrected chi connectivity index (χ3v) is 4.22. The molecule has 0 saturated carbocycles. The van der Waals surface area contributed by atoms with Crippen molar-refractivity contribution >= 4 is 17.5 Å². The van der Waals surface area contributed by atoms with Gasteiger partial charge < -0.3 is 10.6 Å². The molecular formula is C19H19FN2O2. The first-order valence-corrected chi connectivity index (χ1v) is 8.04. The summed E-state index contributed by atoms with van der Waals surface area (Å²) in [5.74, 6) is -0.570. The average molecular weight is 326 g/mol. The minimum atomic E-state index is -0.279. The zero-order valence-electron chi connectivity index (χ0n) is 13.2. The summed E-state index contributed by atoms with van der Waals surface area (Å²) in [4.78, 5) is 23.9. The number of halogens is 1. The van der Waals surface area contributed by atoms with E-state index in [0.717, 1.165) is 16.8 Å². The highest BCUT2D eigenvalue weighted by molar-refractivity contribution is 6.02. The van der Waals surface area contributed by atoms with E-state index in [2.05, 4.69) is 10.6 Å². The van der Waals surface area contributed by atoms with E-state index >= 15 is 0 Å². The van der Waals surface area contributed by atoms with E-state index in [-0.39, 0.29) is 23.5 Å². The number of carbonyl (C=O) groups is 2. The van der Waals surface area contributed by atoms with E-state index in [1.54, 1.807) is 12.1 Å². The number of anilines is 1. The average Bonchev–Trinajstić information content (AvgIpc) is 2.90. The van der Waals surface area contributed by atoms with Gasteiger partial charge in [0.15, 0.2) is 0 Å². The van der Waals surface area contributed by atoms with Crippen LogP contribution in [-0.2, 0) is 16.0 Å². The number of para-hydroxylation sites is 1. The fourth-order valence-electron chi connectivity index (χ4n) is 2.92. The summed E-state index contributed by atoms with van der Waals surface area (Å²) in [6, 6.07) is 13.8. The minimum Gasteiger partial charge on any atom is -0.356 e. The lowest BCUT2D eigenvalue weighted by Crippen LogP contribution is -2.27. The summed E-state index contributed by atoms with van der Waals surface area (Å²) < 4.78 is 12.8. The van der Waals surface area contributed by atoms with Crippen LogP contribution in [0.2, 0.25) is 0 Å². The molecule has 5 heteroatoms. The molecule has 3 rings (SSSR count). The third kappa shape index (κ3) is 3.79. The van der Waals surface area contributed by atoms with Crippen LogP contribution in [0, 0.1) is 5.82 Å². The number of carbonyl (C=O) groups excluding carboxylic acids is 2. The molecule has 0 saturated heterocycles. The summed E-state index contributed by atoms with van der Waals surface area (Å²) in [5, 5.41) is 5.70. The van der Waals surface area contributed by atoms with Gasteiger partial charge in [-0.2, -0.15) is 0 Å². The van der Waals surface area contributed by atoms with E-state index < -0.39 is 0 Å². The van der Waals surface area contributed by atoms with Crippen molar-refractivity contribution in [2.24, 2.45) is 0 Å². The van der Waals surface area contributed by atoms with Crippen LogP contribution in [0.5, 0.6) is 0 Å². The molecule has 4 nitrogen and oxygen atoms in total. The molecule has 0 radical (unpaired) electrons. The van der Waals surface area contributed by atoms with E-state index in [1.165, 1.54) is 12.1 Å². The molecule has 2 amide bonds. The number of aryl methyl sites for hydroxylation is 1. The maximum Gasteiger partial charge on any atom is 0.232 e. The highest BCUT2D eigenvalue weighted by Gasteiger charge is 2.29. The van der Waals surface area contributed by atoms with Crippen molar-refractivity contribution in [3.8, 4) is 0 Å². The number of hydrogen-bond acceptors (Lipinski definition) is 2. The van der Waals surface area contributed by atoms with Gasteiger partial charge in [-0.3, -0.25) is 9.59 Å². The van der Waals surface area contributed by atoms with E-state index in [0.29, 0.717) is 25.8 Å². The van der Waals surface area contributed by atoms with Crippen LogP contribution in [0.4, 0.5) is 10.1 Å². The molecule has 24 heavy (non-hydrogen) atoms. The quantitative estimate of drug-likeness (QED) is 0.857. The van der Waals surface area contributed by atoms with Crippen LogP contribution >= 0.6 is 0 Å². The van der Waals surface area contributed by atoms with Gasteiger partial charge in [-0.05, 0) is 42.2 Å². The fraction of sp³-hybridized carbons (Fsp3) is 0.263. The number of rotatable bonds is 6. The van der Waals surface area contributed by atoms with Crippen LogP contribution in [0.15, 0.2) is 48.5 Å². The molecule has 1 aliphatic rings. The van der Waals surface area contributed by atoms with Crippen molar-refractivity contribution in [1.29, 1.82) is 0 Å². The van der Waals surface area contributed by atoms with Gasteiger partial charge in [-0.1, -0.05) is 30.3 Å². The Morgan fingerprint density at radius 2 is 1.88 bits per heavy atom. The maximum absolute atomic E-state index is 12.8. The molecule has 0 spiro atoms. The van der Waals surface area contributed by atoms with Crippen molar-refractivity contribution in [2.75, 3.05) is 11.9 Å². The molecule has 124 valence electrons. The summed E-state index contributed by atoms with van der Waals surface area (Å²) in [6.45, 7) is 0.453. The Kier molecular flexibility index (Phi) is 4.89. The summed E-state index contributed by atoms with van der Waals surface area (Å²) in [6.07, 6.45) is 1.49. The molecule has 0 aliphatic carbocycles. The Hall–Kier alpha value is -2.69. The van der Waals surface area contributed by atoms with Crippen LogP contribution in [-0.4, -0.2) is 18.4 Å². The normalized spacial score (nSPS) is 15.7. The van der Waals surface area contributed by atoms with Crippen molar-refractivity contribution in [1.82, 2.24) is 5.32 Å². The molecule has 1 heterocycles. The monoisotopic (exact) mass is 326 g/mol. The van der Waals surface area contributed by atoms with Crippen LogP contribution in [0.3, 0.4) is 0 Å². The zero-order valence-corrected chi connectivity index (χ0v) is 13.2. The Balaban J connectivity index is 1.44. The van der Waals surface area contributed by atoms with Crippen LogP contribution in [0.1, 0.15) is 29.9 Å².